The van der Waals surface area contributed by atoms with Crippen LogP contribution in [0.1, 0.15) is 23.3 Å². The van der Waals surface area contributed by atoms with Crippen molar-refractivity contribution in [3.8, 4) is 11.5 Å². The Labute approximate surface area is 118 Å². The molecule has 0 amide bonds. The van der Waals surface area contributed by atoms with Crippen molar-refractivity contribution < 1.29 is 19.7 Å². The highest BCUT2D eigenvalue weighted by atomic mass is 16.5. The van der Waals surface area contributed by atoms with E-state index in [1.807, 2.05) is 18.2 Å². The molecule has 0 aromatic heterocycles. The van der Waals surface area contributed by atoms with Crippen LogP contribution in [-0.2, 0) is 0 Å². The SMILES string of the molecule is COc1ccc(C(O)C(O)c2ccccc2)cc1OC. The lowest BCUT2D eigenvalue weighted by Gasteiger charge is -2.19. The Morgan fingerprint density at radius 3 is 1.95 bits per heavy atom. The largest absolute Gasteiger partial charge is 0.493 e. The van der Waals surface area contributed by atoms with E-state index in [0.29, 0.717) is 22.6 Å². The van der Waals surface area contributed by atoms with Gasteiger partial charge in [0.1, 0.15) is 12.2 Å². The first-order chi connectivity index (χ1) is 9.67. The van der Waals surface area contributed by atoms with Crippen molar-refractivity contribution in [1.82, 2.24) is 0 Å². The van der Waals surface area contributed by atoms with Crippen LogP contribution in [0, 0.1) is 0 Å². The van der Waals surface area contributed by atoms with Crippen molar-refractivity contribution in [2.45, 2.75) is 12.2 Å². The van der Waals surface area contributed by atoms with E-state index >= 15 is 0 Å². The van der Waals surface area contributed by atoms with Gasteiger partial charge in [-0.25, -0.2) is 0 Å². The first kappa shape index (κ1) is 14.4. The van der Waals surface area contributed by atoms with Crippen LogP contribution in [0.5, 0.6) is 11.5 Å². The van der Waals surface area contributed by atoms with Gasteiger partial charge in [0.15, 0.2) is 11.5 Å². The van der Waals surface area contributed by atoms with E-state index in [0.717, 1.165) is 0 Å². The number of ether oxygens (including phenoxy) is 2. The number of aliphatic hydroxyl groups excluding tert-OH is 2. The van der Waals surface area contributed by atoms with Gasteiger partial charge in [0, 0.05) is 0 Å². The van der Waals surface area contributed by atoms with Crippen LogP contribution in [0.15, 0.2) is 48.5 Å². The fraction of sp³-hybridized carbons (Fsp3) is 0.250. The lowest BCUT2D eigenvalue weighted by atomic mass is 9.98. The third-order valence-corrected chi connectivity index (χ3v) is 3.19. The summed E-state index contributed by atoms with van der Waals surface area (Å²) in [5.74, 6) is 1.10. The highest BCUT2D eigenvalue weighted by molar-refractivity contribution is 5.44. The van der Waals surface area contributed by atoms with Gasteiger partial charge in [-0.2, -0.15) is 0 Å². The average molecular weight is 274 g/mol. The fourth-order valence-electron chi connectivity index (χ4n) is 2.05. The minimum Gasteiger partial charge on any atom is -0.493 e. The Kier molecular flexibility index (Phi) is 4.61. The summed E-state index contributed by atoms with van der Waals surface area (Å²) >= 11 is 0. The van der Waals surface area contributed by atoms with Gasteiger partial charge in [-0.1, -0.05) is 36.4 Å². The second-order valence-electron chi connectivity index (χ2n) is 4.41. The number of benzene rings is 2. The van der Waals surface area contributed by atoms with Gasteiger partial charge in [-0.15, -0.1) is 0 Å². The van der Waals surface area contributed by atoms with Gasteiger partial charge in [-0.05, 0) is 23.3 Å². The number of hydrogen-bond donors (Lipinski definition) is 2. The molecule has 0 saturated heterocycles. The molecular weight excluding hydrogens is 256 g/mol. The van der Waals surface area contributed by atoms with Crippen molar-refractivity contribution >= 4 is 0 Å². The molecule has 2 aromatic carbocycles. The predicted octanol–water partition coefficient (Wildman–Crippen LogP) is 2.47. The summed E-state index contributed by atoms with van der Waals surface area (Å²) in [6.07, 6.45) is -2.02. The van der Waals surface area contributed by atoms with Gasteiger partial charge in [0.05, 0.1) is 14.2 Å². The molecule has 0 bridgehead atoms. The zero-order valence-corrected chi connectivity index (χ0v) is 11.5. The molecule has 0 heterocycles. The van der Waals surface area contributed by atoms with E-state index in [1.54, 1.807) is 37.4 Å². The molecule has 0 aliphatic heterocycles. The van der Waals surface area contributed by atoms with E-state index in [2.05, 4.69) is 0 Å². The van der Waals surface area contributed by atoms with Crippen molar-refractivity contribution in [3.63, 3.8) is 0 Å². The van der Waals surface area contributed by atoms with Gasteiger partial charge in [-0.3, -0.25) is 0 Å². The topological polar surface area (TPSA) is 58.9 Å². The zero-order valence-electron chi connectivity index (χ0n) is 11.5. The van der Waals surface area contributed by atoms with Crippen LogP contribution in [0.2, 0.25) is 0 Å². The molecule has 0 fully saturated rings. The lowest BCUT2D eigenvalue weighted by molar-refractivity contribution is 0.0171. The number of rotatable bonds is 5. The lowest BCUT2D eigenvalue weighted by Crippen LogP contribution is -2.10. The number of hydrogen-bond acceptors (Lipinski definition) is 4. The summed E-state index contributed by atoms with van der Waals surface area (Å²) in [5.41, 5.74) is 1.23. The molecule has 0 aliphatic rings. The summed E-state index contributed by atoms with van der Waals surface area (Å²) in [6, 6.07) is 14.1. The molecule has 2 N–H and O–H groups in total. The monoisotopic (exact) mass is 274 g/mol. The second-order valence-corrected chi connectivity index (χ2v) is 4.41. The number of methoxy groups -OCH3 is 2. The van der Waals surface area contributed by atoms with Crippen LogP contribution in [0.4, 0.5) is 0 Å². The molecule has 4 nitrogen and oxygen atoms in total. The maximum atomic E-state index is 10.3. The van der Waals surface area contributed by atoms with Gasteiger partial charge in [0.25, 0.3) is 0 Å². The quantitative estimate of drug-likeness (QED) is 0.879. The molecule has 0 spiro atoms. The first-order valence-electron chi connectivity index (χ1n) is 6.30. The van der Waals surface area contributed by atoms with Crippen molar-refractivity contribution in [2.75, 3.05) is 14.2 Å². The Morgan fingerprint density at radius 1 is 0.750 bits per heavy atom. The molecule has 4 heteroatoms. The average Bonchev–Trinajstić information content (AvgIpc) is 2.53. The molecule has 2 atom stereocenters. The molecule has 2 unspecified atom stereocenters. The molecular formula is C16H18O4. The summed E-state index contributed by atoms with van der Waals surface area (Å²) in [7, 11) is 3.08. The summed E-state index contributed by atoms with van der Waals surface area (Å²) in [6.45, 7) is 0. The summed E-state index contributed by atoms with van der Waals surface area (Å²) in [5, 5.41) is 20.5. The summed E-state index contributed by atoms with van der Waals surface area (Å²) in [4.78, 5) is 0. The minimum absolute atomic E-state index is 0.518. The normalized spacial score (nSPS) is 13.6. The standard InChI is InChI=1S/C16H18O4/c1-19-13-9-8-12(10-14(13)20-2)16(18)15(17)11-6-4-3-5-7-11/h3-10,15-18H,1-2H3. The van der Waals surface area contributed by atoms with Crippen molar-refractivity contribution in [1.29, 1.82) is 0 Å². The van der Waals surface area contributed by atoms with Crippen LogP contribution in [0.3, 0.4) is 0 Å². The zero-order chi connectivity index (χ0) is 14.5. The van der Waals surface area contributed by atoms with E-state index in [1.165, 1.54) is 7.11 Å². The van der Waals surface area contributed by atoms with Crippen molar-refractivity contribution in [2.24, 2.45) is 0 Å². The maximum Gasteiger partial charge on any atom is 0.161 e. The highest BCUT2D eigenvalue weighted by Gasteiger charge is 2.21. The molecule has 20 heavy (non-hydrogen) atoms. The van der Waals surface area contributed by atoms with Crippen LogP contribution < -0.4 is 9.47 Å². The predicted molar refractivity (Wildman–Crippen MR) is 75.9 cm³/mol. The number of aliphatic hydroxyl groups is 2. The van der Waals surface area contributed by atoms with Crippen molar-refractivity contribution in [3.05, 3.63) is 59.7 Å². The van der Waals surface area contributed by atoms with Crippen LogP contribution in [0.25, 0.3) is 0 Å². The summed E-state index contributed by atoms with van der Waals surface area (Å²) < 4.78 is 10.3. The maximum absolute atomic E-state index is 10.3. The van der Waals surface area contributed by atoms with Gasteiger partial charge < -0.3 is 19.7 Å². The molecule has 2 rings (SSSR count). The second kappa shape index (κ2) is 6.41. The highest BCUT2D eigenvalue weighted by Crippen LogP contribution is 2.34. The Hall–Kier alpha value is -2.04. The third kappa shape index (κ3) is 2.92. The fourth-order valence-corrected chi connectivity index (χ4v) is 2.05. The molecule has 0 saturated carbocycles. The van der Waals surface area contributed by atoms with E-state index < -0.39 is 12.2 Å². The molecule has 0 radical (unpaired) electrons. The molecule has 106 valence electrons. The third-order valence-electron chi connectivity index (χ3n) is 3.19. The molecule has 2 aromatic rings. The Balaban J connectivity index is 2.27. The first-order valence-corrected chi connectivity index (χ1v) is 6.30. The van der Waals surface area contributed by atoms with E-state index in [-0.39, 0.29) is 0 Å². The Bertz CT molecular complexity index is 554. The van der Waals surface area contributed by atoms with Crippen LogP contribution in [-0.4, -0.2) is 24.4 Å². The van der Waals surface area contributed by atoms with Crippen LogP contribution >= 0.6 is 0 Å². The van der Waals surface area contributed by atoms with Gasteiger partial charge in [0.2, 0.25) is 0 Å². The van der Waals surface area contributed by atoms with Gasteiger partial charge >= 0.3 is 0 Å². The Morgan fingerprint density at radius 2 is 1.35 bits per heavy atom. The smallest absolute Gasteiger partial charge is 0.161 e. The van der Waals surface area contributed by atoms with E-state index in [9.17, 15) is 10.2 Å². The van der Waals surface area contributed by atoms with E-state index in [4.69, 9.17) is 9.47 Å². The minimum atomic E-state index is -1.03. The molecule has 0 aliphatic carbocycles.